The van der Waals surface area contributed by atoms with Gasteiger partial charge < -0.3 is 9.64 Å². The first kappa shape index (κ1) is 18.3. The second-order valence-electron chi connectivity index (χ2n) is 7.46. The van der Waals surface area contributed by atoms with Crippen LogP contribution in [-0.4, -0.2) is 18.1 Å². The predicted octanol–water partition coefficient (Wildman–Crippen LogP) is 5.37. The molecule has 28 heavy (non-hydrogen) atoms. The second-order valence-corrected chi connectivity index (χ2v) is 7.46. The summed E-state index contributed by atoms with van der Waals surface area (Å²) in [6.07, 6.45) is 5.16. The van der Waals surface area contributed by atoms with Crippen molar-refractivity contribution in [3.05, 3.63) is 65.4 Å². The number of ether oxygens (including phenoxy) is 1. The number of benzene rings is 2. The van der Waals surface area contributed by atoms with Crippen LogP contribution >= 0.6 is 0 Å². The monoisotopic (exact) mass is 371 g/mol. The van der Waals surface area contributed by atoms with E-state index in [9.17, 15) is 0 Å². The molecule has 0 N–H and O–H groups in total. The normalized spacial score (nSPS) is 14.5. The summed E-state index contributed by atoms with van der Waals surface area (Å²) in [6.45, 7) is 4.73. The van der Waals surface area contributed by atoms with E-state index >= 15 is 0 Å². The Morgan fingerprint density at radius 1 is 1.04 bits per heavy atom. The van der Waals surface area contributed by atoms with Crippen LogP contribution in [0, 0.1) is 18.3 Å². The Hall–Kier alpha value is -3.06. The Balaban J connectivity index is 1.59. The van der Waals surface area contributed by atoms with Crippen molar-refractivity contribution in [2.75, 3.05) is 18.0 Å². The molecule has 1 saturated heterocycles. The van der Waals surface area contributed by atoms with Crippen LogP contribution in [0.1, 0.15) is 42.5 Å². The molecule has 4 rings (SSSR count). The van der Waals surface area contributed by atoms with Gasteiger partial charge in [0.2, 0.25) is 0 Å². The third kappa shape index (κ3) is 4.09. The highest BCUT2D eigenvalue weighted by Crippen LogP contribution is 2.31. The van der Waals surface area contributed by atoms with Crippen molar-refractivity contribution < 1.29 is 4.74 Å². The van der Waals surface area contributed by atoms with Crippen molar-refractivity contribution in [2.24, 2.45) is 0 Å². The number of nitrogens with zero attached hydrogens (tertiary/aromatic N) is 3. The number of hydrogen-bond acceptors (Lipinski definition) is 4. The molecule has 0 atom stereocenters. The molecular weight excluding hydrogens is 346 g/mol. The standard InChI is InChI=1S/C24H25N3O/c1-18-13-24(27-11-4-2-3-5-12-27)22-10-9-21(15-23(22)26-18)28-17-20-8-6-7-19(14-20)16-25/h6-10,13-15H,2-5,11-12,17H2,1H3. The molecule has 142 valence electrons. The number of aryl methyl sites for hydroxylation is 1. The lowest BCUT2D eigenvalue weighted by Crippen LogP contribution is -2.24. The van der Waals surface area contributed by atoms with Crippen LogP contribution < -0.4 is 9.64 Å². The van der Waals surface area contributed by atoms with Crippen LogP contribution in [0.5, 0.6) is 5.75 Å². The van der Waals surface area contributed by atoms with Crippen LogP contribution in [0.3, 0.4) is 0 Å². The molecular formula is C24H25N3O. The fraction of sp³-hybridized carbons (Fsp3) is 0.333. The molecule has 1 fully saturated rings. The van der Waals surface area contributed by atoms with Crippen molar-refractivity contribution in [1.29, 1.82) is 5.26 Å². The molecule has 1 aliphatic rings. The highest BCUT2D eigenvalue weighted by molar-refractivity contribution is 5.92. The molecule has 0 amide bonds. The van der Waals surface area contributed by atoms with Crippen LogP contribution in [0.4, 0.5) is 5.69 Å². The number of rotatable bonds is 4. The Morgan fingerprint density at radius 2 is 1.86 bits per heavy atom. The summed E-state index contributed by atoms with van der Waals surface area (Å²) in [4.78, 5) is 7.26. The maximum atomic E-state index is 9.04. The maximum absolute atomic E-state index is 9.04. The predicted molar refractivity (Wildman–Crippen MR) is 113 cm³/mol. The van der Waals surface area contributed by atoms with Crippen LogP contribution in [0.25, 0.3) is 10.9 Å². The van der Waals surface area contributed by atoms with E-state index < -0.39 is 0 Å². The van der Waals surface area contributed by atoms with E-state index in [4.69, 9.17) is 15.0 Å². The molecule has 0 spiro atoms. The van der Waals surface area contributed by atoms with E-state index in [1.54, 1.807) is 6.07 Å². The summed E-state index contributed by atoms with van der Waals surface area (Å²) in [5.41, 5.74) is 4.94. The molecule has 4 heteroatoms. The topological polar surface area (TPSA) is 49.1 Å². The van der Waals surface area contributed by atoms with Crippen molar-refractivity contribution in [3.63, 3.8) is 0 Å². The fourth-order valence-corrected chi connectivity index (χ4v) is 3.88. The third-order valence-electron chi connectivity index (χ3n) is 5.30. The van der Waals surface area contributed by atoms with Crippen LogP contribution in [0.2, 0.25) is 0 Å². The van der Waals surface area contributed by atoms with Crippen molar-refractivity contribution in [1.82, 2.24) is 4.98 Å². The Kier molecular flexibility index (Phi) is 5.43. The average molecular weight is 371 g/mol. The van der Waals surface area contributed by atoms with E-state index in [1.807, 2.05) is 30.3 Å². The van der Waals surface area contributed by atoms with Crippen molar-refractivity contribution >= 4 is 16.6 Å². The Bertz CT molecular complexity index is 1010. The van der Waals surface area contributed by atoms with E-state index in [0.717, 1.165) is 35.6 Å². The largest absolute Gasteiger partial charge is 0.489 e. The van der Waals surface area contributed by atoms with E-state index in [0.29, 0.717) is 12.2 Å². The third-order valence-corrected chi connectivity index (χ3v) is 5.30. The zero-order valence-corrected chi connectivity index (χ0v) is 16.3. The molecule has 2 heterocycles. The lowest BCUT2D eigenvalue weighted by Gasteiger charge is -2.24. The molecule has 1 aromatic heterocycles. The summed E-state index contributed by atoms with van der Waals surface area (Å²) in [6, 6.07) is 18.1. The number of nitriles is 1. The molecule has 0 bridgehead atoms. The van der Waals surface area contributed by atoms with Crippen LogP contribution in [-0.2, 0) is 6.61 Å². The summed E-state index contributed by atoms with van der Waals surface area (Å²) >= 11 is 0. The fourth-order valence-electron chi connectivity index (χ4n) is 3.88. The average Bonchev–Trinajstić information content (AvgIpc) is 3.01. The van der Waals surface area contributed by atoms with E-state index in [1.165, 1.54) is 36.8 Å². The molecule has 0 radical (unpaired) electrons. The van der Waals surface area contributed by atoms with Gasteiger partial charge in [-0.3, -0.25) is 4.98 Å². The number of fused-ring (bicyclic) bond motifs is 1. The highest BCUT2D eigenvalue weighted by Gasteiger charge is 2.14. The summed E-state index contributed by atoms with van der Waals surface area (Å²) in [5.74, 6) is 0.801. The first-order chi connectivity index (χ1) is 13.7. The van der Waals surface area contributed by atoms with Gasteiger partial charge in [-0.1, -0.05) is 25.0 Å². The summed E-state index contributed by atoms with van der Waals surface area (Å²) in [5, 5.41) is 10.2. The van der Waals surface area contributed by atoms with Crippen molar-refractivity contribution in [3.8, 4) is 11.8 Å². The van der Waals surface area contributed by atoms with Gasteiger partial charge >= 0.3 is 0 Å². The van der Waals surface area contributed by atoms with Gasteiger partial charge in [-0.25, -0.2) is 0 Å². The van der Waals surface area contributed by atoms with Gasteiger partial charge in [-0.15, -0.1) is 0 Å². The van der Waals surface area contributed by atoms with Gasteiger partial charge in [-0.05, 0) is 55.7 Å². The van der Waals surface area contributed by atoms with E-state index in [-0.39, 0.29) is 0 Å². The zero-order chi connectivity index (χ0) is 19.3. The van der Waals surface area contributed by atoms with Crippen molar-refractivity contribution in [2.45, 2.75) is 39.2 Å². The number of hydrogen-bond donors (Lipinski definition) is 0. The van der Waals surface area contributed by atoms with Gasteiger partial charge in [-0.2, -0.15) is 5.26 Å². The molecule has 0 aliphatic carbocycles. The zero-order valence-electron chi connectivity index (χ0n) is 16.3. The second kappa shape index (κ2) is 8.31. The SMILES string of the molecule is Cc1cc(N2CCCCCC2)c2ccc(OCc3cccc(C#N)c3)cc2n1. The summed E-state index contributed by atoms with van der Waals surface area (Å²) < 4.78 is 5.98. The van der Waals surface area contributed by atoms with Gasteiger partial charge in [0.1, 0.15) is 12.4 Å². The lowest BCUT2D eigenvalue weighted by molar-refractivity contribution is 0.306. The van der Waals surface area contributed by atoms with Gasteiger partial charge in [0.05, 0.1) is 17.1 Å². The Labute approximate surface area is 166 Å². The quantitative estimate of drug-likeness (QED) is 0.618. The first-order valence-electron chi connectivity index (χ1n) is 10.0. The number of anilines is 1. The van der Waals surface area contributed by atoms with Gasteiger partial charge in [0.25, 0.3) is 0 Å². The summed E-state index contributed by atoms with van der Waals surface area (Å²) in [7, 11) is 0. The van der Waals surface area contributed by atoms with Gasteiger partial charge in [0.15, 0.2) is 0 Å². The van der Waals surface area contributed by atoms with Gasteiger partial charge in [0, 0.05) is 35.9 Å². The minimum absolute atomic E-state index is 0.436. The minimum Gasteiger partial charge on any atom is -0.489 e. The number of aromatic nitrogens is 1. The minimum atomic E-state index is 0.436. The molecule has 1 aliphatic heterocycles. The number of pyridine rings is 1. The van der Waals surface area contributed by atoms with E-state index in [2.05, 4.69) is 30.0 Å². The Morgan fingerprint density at radius 3 is 2.64 bits per heavy atom. The molecule has 0 unspecified atom stereocenters. The maximum Gasteiger partial charge on any atom is 0.122 e. The lowest BCUT2D eigenvalue weighted by atomic mass is 10.1. The highest BCUT2D eigenvalue weighted by atomic mass is 16.5. The molecule has 2 aromatic carbocycles. The molecule has 4 nitrogen and oxygen atoms in total. The van der Waals surface area contributed by atoms with Crippen LogP contribution in [0.15, 0.2) is 48.5 Å². The molecule has 3 aromatic rings. The first-order valence-corrected chi connectivity index (χ1v) is 10.0. The smallest absolute Gasteiger partial charge is 0.122 e. The molecule has 0 saturated carbocycles.